The minimum atomic E-state index is -1.05. The minimum absolute atomic E-state index is 0.132. The second-order valence-electron chi connectivity index (χ2n) is 6.95. The zero-order chi connectivity index (χ0) is 21.4. The number of phenolic OH excluding ortho intramolecular Hbond substituents is 1. The summed E-state index contributed by atoms with van der Waals surface area (Å²) < 4.78 is 10.9. The molecule has 152 valence electrons. The number of aromatic hydroxyl groups is 1. The van der Waals surface area contributed by atoms with E-state index < -0.39 is 12.0 Å². The standard InChI is InChI=1S/C23H19NO6/c1-29-21-9-18-14(11-24-15(12-25)4-6-20(24)23(27)28)7-13-3-5-16(26)8-17(13)19(18)10-22(21)30-2/h3-10,20,26H,11H2,1-2H3,(H,27,28)/t20-/m0/s1. The third-order valence-electron chi connectivity index (χ3n) is 5.31. The highest BCUT2D eigenvalue weighted by Gasteiger charge is 2.30. The van der Waals surface area contributed by atoms with Crippen LogP contribution in [0, 0.1) is 0 Å². The van der Waals surface area contributed by atoms with Crippen LogP contribution in [-0.2, 0) is 16.1 Å². The molecule has 0 radical (unpaired) electrons. The molecule has 0 aromatic heterocycles. The first kappa shape index (κ1) is 19.4. The van der Waals surface area contributed by atoms with Crippen LogP contribution in [0.5, 0.6) is 17.2 Å². The number of carboxylic acids is 1. The summed E-state index contributed by atoms with van der Waals surface area (Å²) in [5, 5.41) is 22.8. The lowest BCUT2D eigenvalue weighted by atomic mass is 9.95. The normalized spacial score (nSPS) is 15.6. The summed E-state index contributed by atoms with van der Waals surface area (Å²) in [4.78, 5) is 24.5. The molecule has 0 aliphatic carbocycles. The van der Waals surface area contributed by atoms with Crippen LogP contribution in [-0.4, -0.2) is 47.3 Å². The van der Waals surface area contributed by atoms with Gasteiger partial charge in [0, 0.05) is 6.54 Å². The number of benzene rings is 3. The van der Waals surface area contributed by atoms with Crippen molar-refractivity contribution in [3.05, 3.63) is 59.8 Å². The van der Waals surface area contributed by atoms with Crippen LogP contribution in [0.3, 0.4) is 0 Å². The fourth-order valence-corrected chi connectivity index (χ4v) is 3.87. The second kappa shape index (κ2) is 7.46. The van der Waals surface area contributed by atoms with E-state index in [0.717, 1.165) is 27.1 Å². The molecule has 0 bridgehead atoms. The van der Waals surface area contributed by atoms with Gasteiger partial charge in [-0.1, -0.05) is 6.07 Å². The predicted octanol–water partition coefficient (Wildman–Crippen LogP) is 3.26. The number of carboxylic acid groups (broad SMARTS) is 1. The van der Waals surface area contributed by atoms with E-state index in [4.69, 9.17) is 9.47 Å². The van der Waals surface area contributed by atoms with Crippen molar-refractivity contribution in [2.75, 3.05) is 14.2 Å². The van der Waals surface area contributed by atoms with Gasteiger partial charge in [0.25, 0.3) is 0 Å². The van der Waals surface area contributed by atoms with Crippen LogP contribution in [0.15, 0.2) is 54.2 Å². The van der Waals surface area contributed by atoms with Gasteiger partial charge in [-0.15, -0.1) is 0 Å². The number of allylic oxidation sites excluding steroid dienone is 1. The average Bonchev–Trinajstić information content (AvgIpc) is 3.16. The van der Waals surface area contributed by atoms with Crippen molar-refractivity contribution < 1.29 is 29.3 Å². The van der Waals surface area contributed by atoms with Gasteiger partial charge in [-0.05, 0) is 69.6 Å². The zero-order valence-electron chi connectivity index (χ0n) is 16.4. The first-order valence-electron chi connectivity index (χ1n) is 9.20. The highest BCUT2D eigenvalue weighted by Crippen LogP contribution is 2.39. The number of fused-ring (bicyclic) bond motifs is 3. The van der Waals surface area contributed by atoms with Gasteiger partial charge in [-0.3, -0.25) is 0 Å². The summed E-state index contributed by atoms with van der Waals surface area (Å²) in [7, 11) is 3.08. The molecule has 1 aliphatic rings. The van der Waals surface area contributed by atoms with Gasteiger partial charge in [-0.25, -0.2) is 9.59 Å². The van der Waals surface area contributed by atoms with Gasteiger partial charge >= 0.3 is 5.97 Å². The van der Waals surface area contributed by atoms with Crippen molar-refractivity contribution in [1.29, 1.82) is 0 Å². The fraction of sp³-hybridized carbons (Fsp3) is 0.174. The summed E-state index contributed by atoms with van der Waals surface area (Å²) in [6.45, 7) is 0.178. The molecule has 3 aromatic carbocycles. The smallest absolute Gasteiger partial charge is 0.330 e. The molecule has 2 N–H and O–H groups in total. The number of phenols is 1. The van der Waals surface area contributed by atoms with Gasteiger partial charge in [-0.2, -0.15) is 0 Å². The molecule has 1 atom stereocenters. The van der Waals surface area contributed by atoms with Gasteiger partial charge < -0.3 is 24.6 Å². The van der Waals surface area contributed by atoms with Crippen molar-refractivity contribution in [2.45, 2.75) is 12.6 Å². The van der Waals surface area contributed by atoms with Gasteiger partial charge in [0.05, 0.1) is 14.2 Å². The van der Waals surface area contributed by atoms with Crippen LogP contribution < -0.4 is 9.47 Å². The Bertz CT molecular complexity index is 1260. The summed E-state index contributed by atoms with van der Waals surface area (Å²) in [5.74, 6) is 1.95. The Hall–Kier alpha value is -3.96. The van der Waals surface area contributed by atoms with E-state index in [2.05, 4.69) is 0 Å². The molecule has 1 heterocycles. The van der Waals surface area contributed by atoms with E-state index in [0.29, 0.717) is 11.5 Å². The Balaban J connectivity index is 1.97. The number of rotatable bonds is 5. The quantitative estimate of drug-likeness (QED) is 0.497. The van der Waals surface area contributed by atoms with Crippen molar-refractivity contribution in [1.82, 2.24) is 4.90 Å². The van der Waals surface area contributed by atoms with E-state index in [-0.39, 0.29) is 18.0 Å². The zero-order valence-corrected chi connectivity index (χ0v) is 16.4. The number of carbonyl (C=O) groups is 1. The molecule has 7 heteroatoms. The predicted molar refractivity (Wildman–Crippen MR) is 112 cm³/mol. The lowest BCUT2D eigenvalue weighted by Gasteiger charge is -2.25. The molecule has 0 saturated carbocycles. The van der Waals surface area contributed by atoms with Crippen molar-refractivity contribution >= 4 is 33.5 Å². The molecule has 0 unspecified atom stereocenters. The first-order valence-corrected chi connectivity index (χ1v) is 9.20. The van der Waals surface area contributed by atoms with Gasteiger partial charge in [0.2, 0.25) is 0 Å². The maximum atomic E-state index is 11.7. The van der Waals surface area contributed by atoms with Gasteiger partial charge in [0.1, 0.15) is 23.4 Å². The molecule has 1 aliphatic heterocycles. The molecule has 7 nitrogen and oxygen atoms in total. The third kappa shape index (κ3) is 3.11. The Morgan fingerprint density at radius 3 is 2.40 bits per heavy atom. The molecular weight excluding hydrogens is 386 g/mol. The van der Waals surface area contributed by atoms with E-state index in [1.54, 1.807) is 25.3 Å². The number of carbonyl (C=O) groups excluding carboxylic acids is 1. The average molecular weight is 405 g/mol. The number of nitrogens with zero attached hydrogens (tertiary/aromatic N) is 1. The molecular formula is C23H19NO6. The summed E-state index contributed by atoms with van der Waals surface area (Å²) in [6, 6.07) is 9.66. The van der Waals surface area contributed by atoms with E-state index in [1.807, 2.05) is 24.1 Å². The van der Waals surface area contributed by atoms with E-state index >= 15 is 0 Å². The summed E-state index contributed by atoms with van der Waals surface area (Å²) >= 11 is 0. The lowest BCUT2D eigenvalue weighted by molar-refractivity contribution is -0.140. The first-order chi connectivity index (χ1) is 14.5. The lowest BCUT2D eigenvalue weighted by Crippen LogP contribution is -2.35. The van der Waals surface area contributed by atoms with Crippen molar-refractivity contribution in [2.24, 2.45) is 0 Å². The number of hydrogen-bond donors (Lipinski definition) is 2. The number of aliphatic carboxylic acids is 1. The van der Waals surface area contributed by atoms with Crippen LogP contribution in [0.4, 0.5) is 0 Å². The monoisotopic (exact) mass is 405 g/mol. The van der Waals surface area contributed by atoms with Crippen molar-refractivity contribution in [3.63, 3.8) is 0 Å². The second-order valence-corrected chi connectivity index (χ2v) is 6.95. The SMILES string of the molecule is COc1cc2c(CN3C(=C=O)C=C[C@H]3C(=O)O)cc3ccc(O)cc3c2cc1OC. The topological polar surface area (TPSA) is 96.3 Å². The molecule has 0 fully saturated rings. The Morgan fingerprint density at radius 1 is 1.07 bits per heavy atom. The number of methoxy groups -OCH3 is 2. The molecule has 3 aromatic rings. The summed E-state index contributed by atoms with van der Waals surface area (Å²) in [5.41, 5.74) is 0.980. The summed E-state index contributed by atoms with van der Waals surface area (Å²) in [6.07, 6.45) is 2.93. The molecule has 0 spiro atoms. The number of ether oxygens (including phenoxy) is 2. The third-order valence-corrected chi connectivity index (χ3v) is 5.31. The molecule has 0 amide bonds. The molecule has 4 rings (SSSR count). The fourth-order valence-electron chi connectivity index (χ4n) is 3.87. The maximum Gasteiger partial charge on any atom is 0.330 e. The Labute approximate surface area is 172 Å². The van der Waals surface area contributed by atoms with Crippen LogP contribution in [0.25, 0.3) is 21.5 Å². The van der Waals surface area contributed by atoms with Crippen molar-refractivity contribution in [3.8, 4) is 17.2 Å². The van der Waals surface area contributed by atoms with E-state index in [9.17, 15) is 19.8 Å². The maximum absolute atomic E-state index is 11.7. The molecule has 0 saturated heterocycles. The molecule has 30 heavy (non-hydrogen) atoms. The van der Waals surface area contributed by atoms with Crippen LogP contribution >= 0.6 is 0 Å². The Kier molecular flexibility index (Phi) is 4.82. The van der Waals surface area contributed by atoms with Gasteiger partial charge in [0.15, 0.2) is 11.5 Å². The highest BCUT2D eigenvalue weighted by atomic mass is 16.5. The van der Waals surface area contributed by atoms with Crippen LogP contribution in [0.1, 0.15) is 5.56 Å². The minimum Gasteiger partial charge on any atom is -0.508 e. The highest BCUT2D eigenvalue weighted by molar-refractivity contribution is 6.10. The number of hydrogen-bond acceptors (Lipinski definition) is 6. The van der Waals surface area contributed by atoms with Crippen LogP contribution in [0.2, 0.25) is 0 Å². The Morgan fingerprint density at radius 2 is 1.77 bits per heavy atom. The van der Waals surface area contributed by atoms with E-state index in [1.165, 1.54) is 24.2 Å². The largest absolute Gasteiger partial charge is 0.508 e.